The average molecular weight is 382 g/mol. The van der Waals surface area contributed by atoms with Crippen molar-refractivity contribution in [1.29, 1.82) is 0 Å². The van der Waals surface area contributed by atoms with Crippen LogP contribution in [-0.4, -0.2) is 50.8 Å². The third kappa shape index (κ3) is 4.42. The third-order valence-corrected chi connectivity index (χ3v) is 6.65. The summed E-state index contributed by atoms with van der Waals surface area (Å²) in [6, 6.07) is 5.12. The van der Waals surface area contributed by atoms with Crippen molar-refractivity contribution in [3.8, 4) is 0 Å². The molecule has 1 aromatic rings. The van der Waals surface area contributed by atoms with E-state index in [2.05, 4.69) is 5.32 Å². The minimum absolute atomic E-state index is 0.0882. The number of amides is 1. The Bertz CT molecular complexity index is 757. The number of esters is 1. The molecule has 1 aromatic carbocycles. The first kappa shape index (κ1) is 20.4. The van der Waals surface area contributed by atoms with Gasteiger partial charge in [0.05, 0.1) is 12.0 Å². The molecule has 1 saturated heterocycles. The molecule has 1 heterocycles. The van der Waals surface area contributed by atoms with Crippen LogP contribution >= 0.6 is 0 Å². The molecule has 2 atom stereocenters. The van der Waals surface area contributed by atoms with Crippen LogP contribution in [0.5, 0.6) is 0 Å². The van der Waals surface area contributed by atoms with Crippen LogP contribution in [0.1, 0.15) is 43.5 Å². The fourth-order valence-corrected chi connectivity index (χ4v) is 4.46. The van der Waals surface area contributed by atoms with Gasteiger partial charge in [0.2, 0.25) is 10.0 Å². The van der Waals surface area contributed by atoms with E-state index >= 15 is 0 Å². The standard InChI is InChI=1S/C18H26N2O5S/c1-4-13(2)16(18(22)25-3)19-17(21)14-8-7-9-15(12-14)26(23,24)20-10-5-6-11-20/h7-9,12-13,16H,4-6,10-11H2,1-3H3,(H,19,21)/t13-,16+/m1/s1. The van der Waals surface area contributed by atoms with E-state index in [-0.39, 0.29) is 16.4 Å². The summed E-state index contributed by atoms with van der Waals surface area (Å²) in [7, 11) is -2.33. The van der Waals surface area contributed by atoms with Gasteiger partial charge >= 0.3 is 5.97 Å². The van der Waals surface area contributed by atoms with E-state index in [1.807, 2.05) is 13.8 Å². The summed E-state index contributed by atoms with van der Waals surface area (Å²) in [5.74, 6) is -1.13. The second-order valence-electron chi connectivity index (χ2n) is 6.50. The molecule has 2 rings (SSSR count). The van der Waals surface area contributed by atoms with Crippen LogP contribution in [0.3, 0.4) is 0 Å². The molecule has 1 aliphatic rings. The number of ether oxygens (including phenoxy) is 1. The summed E-state index contributed by atoms with van der Waals surface area (Å²) in [4.78, 5) is 24.6. The number of benzene rings is 1. The number of hydrogen-bond donors (Lipinski definition) is 1. The molecule has 0 spiro atoms. The molecule has 1 amide bonds. The summed E-state index contributed by atoms with van der Waals surface area (Å²) in [5, 5.41) is 2.66. The van der Waals surface area contributed by atoms with Crippen molar-refractivity contribution < 1.29 is 22.7 Å². The lowest BCUT2D eigenvalue weighted by atomic mass is 9.99. The van der Waals surface area contributed by atoms with E-state index in [4.69, 9.17) is 4.74 Å². The Hall–Kier alpha value is -1.93. The maximum Gasteiger partial charge on any atom is 0.328 e. The van der Waals surface area contributed by atoms with Gasteiger partial charge in [-0.2, -0.15) is 4.31 Å². The fraction of sp³-hybridized carbons (Fsp3) is 0.556. The van der Waals surface area contributed by atoms with Crippen molar-refractivity contribution in [2.24, 2.45) is 5.92 Å². The van der Waals surface area contributed by atoms with Crippen LogP contribution in [0.4, 0.5) is 0 Å². The number of rotatable bonds is 7. The second-order valence-corrected chi connectivity index (χ2v) is 8.44. The molecule has 0 aromatic heterocycles. The maximum atomic E-state index is 12.7. The van der Waals surface area contributed by atoms with Crippen molar-refractivity contribution >= 4 is 21.9 Å². The number of carbonyl (C=O) groups is 2. The first-order valence-electron chi connectivity index (χ1n) is 8.80. The number of carbonyl (C=O) groups excluding carboxylic acids is 2. The van der Waals surface area contributed by atoms with Crippen molar-refractivity contribution in [1.82, 2.24) is 9.62 Å². The Morgan fingerprint density at radius 3 is 2.50 bits per heavy atom. The Balaban J connectivity index is 2.23. The van der Waals surface area contributed by atoms with Gasteiger partial charge in [-0.1, -0.05) is 26.3 Å². The lowest BCUT2D eigenvalue weighted by Crippen LogP contribution is -2.45. The van der Waals surface area contributed by atoms with Crippen molar-refractivity contribution in [2.45, 2.75) is 44.0 Å². The number of nitrogens with one attached hydrogen (secondary N) is 1. The first-order valence-corrected chi connectivity index (χ1v) is 10.2. The Morgan fingerprint density at radius 2 is 1.92 bits per heavy atom. The zero-order chi connectivity index (χ0) is 19.3. The van der Waals surface area contributed by atoms with Crippen LogP contribution in [0.25, 0.3) is 0 Å². The van der Waals surface area contributed by atoms with Crippen LogP contribution in [-0.2, 0) is 19.6 Å². The van der Waals surface area contributed by atoms with E-state index in [0.717, 1.165) is 12.8 Å². The Kier molecular flexibility index (Phi) is 6.77. The zero-order valence-corrected chi connectivity index (χ0v) is 16.2. The number of hydrogen-bond acceptors (Lipinski definition) is 5. The van der Waals surface area contributed by atoms with E-state index in [1.165, 1.54) is 35.7 Å². The first-order chi connectivity index (χ1) is 12.3. The molecule has 1 fully saturated rings. The summed E-state index contributed by atoms with van der Waals surface area (Å²) in [6.07, 6.45) is 2.37. The highest BCUT2D eigenvalue weighted by molar-refractivity contribution is 7.89. The highest BCUT2D eigenvalue weighted by atomic mass is 32.2. The van der Waals surface area contributed by atoms with Gasteiger partial charge in [0.15, 0.2) is 0 Å². The monoisotopic (exact) mass is 382 g/mol. The normalized spacial score (nSPS) is 17.5. The van der Waals surface area contributed by atoms with Crippen LogP contribution in [0.15, 0.2) is 29.2 Å². The van der Waals surface area contributed by atoms with Gasteiger partial charge in [-0.3, -0.25) is 4.79 Å². The molecular weight excluding hydrogens is 356 g/mol. The van der Waals surface area contributed by atoms with Crippen LogP contribution in [0.2, 0.25) is 0 Å². The van der Waals surface area contributed by atoms with Gasteiger partial charge in [0.1, 0.15) is 6.04 Å². The predicted octanol–water partition coefficient (Wildman–Crippen LogP) is 1.79. The summed E-state index contributed by atoms with van der Waals surface area (Å²) >= 11 is 0. The van der Waals surface area contributed by atoms with Gasteiger partial charge in [0, 0.05) is 18.7 Å². The molecule has 0 saturated carbocycles. The molecule has 144 valence electrons. The average Bonchev–Trinajstić information content (AvgIpc) is 3.20. The number of methoxy groups -OCH3 is 1. The molecule has 26 heavy (non-hydrogen) atoms. The summed E-state index contributed by atoms with van der Waals surface area (Å²) in [5.41, 5.74) is 0.197. The van der Waals surface area contributed by atoms with E-state index < -0.39 is 27.9 Å². The molecule has 0 unspecified atom stereocenters. The van der Waals surface area contributed by atoms with Gasteiger partial charge < -0.3 is 10.1 Å². The molecular formula is C18H26N2O5S. The minimum Gasteiger partial charge on any atom is -0.467 e. The second kappa shape index (κ2) is 8.64. The predicted molar refractivity (Wildman–Crippen MR) is 97.2 cm³/mol. The molecule has 1 aliphatic heterocycles. The fourth-order valence-electron chi connectivity index (χ4n) is 2.90. The summed E-state index contributed by atoms with van der Waals surface area (Å²) in [6.45, 7) is 4.75. The maximum absolute atomic E-state index is 12.7. The topological polar surface area (TPSA) is 92.8 Å². The van der Waals surface area contributed by atoms with E-state index in [0.29, 0.717) is 19.5 Å². The lowest BCUT2D eigenvalue weighted by Gasteiger charge is -2.22. The van der Waals surface area contributed by atoms with Crippen LogP contribution in [0, 0.1) is 5.92 Å². The van der Waals surface area contributed by atoms with Crippen molar-refractivity contribution in [3.05, 3.63) is 29.8 Å². The molecule has 0 aliphatic carbocycles. The van der Waals surface area contributed by atoms with Gasteiger partial charge in [-0.25, -0.2) is 13.2 Å². The highest BCUT2D eigenvalue weighted by Gasteiger charge is 2.29. The SMILES string of the molecule is CC[C@@H](C)[C@H](NC(=O)c1cccc(S(=O)(=O)N2CCCC2)c1)C(=O)OC. The molecule has 7 nitrogen and oxygen atoms in total. The van der Waals surface area contributed by atoms with Crippen molar-refractivity contribution in [3.63, 3.8) is 0 Å². The zero-order valence-electron chi connectivity index (χ0n) is 15.4. The smallest absolute Gasteiger partial charge is 0.328 e. The molecule has 8 heteroatoms. The van der Waals surface area contributed by atoms with Gasteiger partial charge in [-0.15, -0.1) is 0 Å². The quantitative estimate of drug-likeness (QED) is 0.726. The molecule has 1 N–H and O–H groups in total. The van der Waals surface area contributed by atoms with E-state index in [9.17, 15) is 18.0 Å². The van der Waals surface area contributed by atoms with Crippen LogP contribution < -0.4 is 5.32 Å². The third-order valence-electron chi connectivity index (χ3n) is 4.75. The lowest BCUT2D eigenvalue weighted by molar-refractivity contribution is -0.144. The highest BCUT2D eigenvalue weighted by Crippen LogP contribution is 2.21. The Labute approximate surface area is 154 Å². The van der Waals surface area contributed by atoms with E-state index in [1.54, 1.807) is 0 Å². The Morgan fingerprint density at radius 1 is 1.27 bits per heavy atom. The summed E-state index contributed by atoms with van der Waals surface area (Å²) < 4.78 is 31.5. The largest absolute Gasteiger partial charge is 0.467 e. The van der Waals surface area contributed by atoms with Crippen molar-refractivity contribution in [2.75, 3.05) is 20.2 Å². The molecule has 0 bridgehead atoms. The molecule has 0 radical (unpaired) electrons. The minimum atomic E-state index is -3.60. The number of sulfonamides is 1. The van der Waals surface area contributed by atoms with Gasteiger partial charge in [-0.05, 0) is 37.0 Å². The van der Waals surface area contributed by atoms with Gasteiger partial charge in [0.25, 0.3) is 5.91 Å². The number of nitrogens with zero attached hydrogens (tertiary/aromatic N) is 1.